The standard InChI is InChI=1S/C12H14BF3NO2/c14-12(15,16)10-4-1-9(2-5-10)3-6-11(7-18)13-19-8-17/h1-6,11,18H,7-8,17H2/b6-3+/t11-/m1/s1. The molecule has 0 unspecified atom stereocenters. The van der Waals surface area contributed by atoms with E-state index in [4.69, 9.17) is 15.5 Å². The zero-order chi connectivity index (χ0) is 14.3. The average Bonchev–Trinajstić information content (AvgIpc) is 2.38. The molecule has 0 heterocycles. The van der Waals surface area contributed by atoms with Gasteiger partial charge in [0.15, 0.2) is 0 Å². The van der Waals surface area contributed by atoms with Crippen LogP contribution in [-0.2, 0) is 10.8 Å². The fourth-order valence-corrected chi connectivity index (χ4v) is 1.35. The third-order valence-electron chi connectivity index (χ3n) is 2.35. The zero-order valence-electron chi connectivity index (χ0n) is 10.1. The highest BCUT2D eigenvalue weighted by Crippen LogP contribution is 2.29. The molecule has 3 nitrogen and oxygen atoms in total. The van der Waals surface area contributed by atoms with Crippen LogP contribution in [0.5, 0.6) is 0 Å². The second-order valence-electron chi connectivity index (χ2n) is 3.79. The second-order valence-corrected chi connectivity index (χ2v) is 3.79. The van der Waals surface area contributed by atoms with Crippen LogP contribution in [0.25, 0.3) is 6.08 Å². The molecule has 1 aromatic carbocycles. The predicted octanol–water partition coefficient (Wildman–Crippen LogP) is 2.05. The first-order valence-corrected chi connectivity index (χ1v) is 5.58. The summed E-state index contributed by atoms with van der Waals surface area (Å²) in [5.74, 6) is -0.356. The molecule has 0 bridgehead atoms. The van der Waals surface area contributed by atoms with Crippen LogP contribution < -0.4 is 5.73 Å². The van der Waals surface area contributed by atoms with Crippen LogP contribution in [0.2, 0.25) is 5.82 Å². The summed E-state index contributed by atoms with van der Waals surface area (Å²) < 4.78 is 41.9. The number of nitrogens with two attached hydrogens (primary N) is 1. The fourth-order valence-electron chi connectivity index (χ4n) is 1.35. The number of aliphatic hydroxyl groups excluding tert-OH is 1. The van der Waals surface area contributed by atoms with Gasteiger partial charge >= 0.3 is 13.7 Å². The molecular formula is C12H14BF3NO2. The van der Waals surface area contributed by atoms with Crippen molar-refractivity contribution in [3.63, 3.8) is 0 Å². The minimum Gasteiger partial charge on any atom is -0.428 e. The van der Waals surface area contributed by atoms with Gasteiger partial charge < -0.3 is 15.5 Å². The Kier molecular flexibility index (Phi) is 6.07. The predicted molar refractivity (Wildman–Crippen MR) is 67.2 cm³/mol. The van der Waals surface area contributed by atoms with Crippen LogP contribution in [0.4, 0.5) is 13.2 Å². The largest absolute Gasteiger partial charge is 0.428 e. The van der Waals surface area contributed by atoms with E-state index in [0.29, 0.717) is 5.56 Å². The van der Waals surface area contributed by atoms with Crippen LogP contribution in [0, 0.1) is 0 Å². The van der Waals surface area contributed by atoms with Gasteiger partial charge in [0, 0.05) is 12.4 Å². The Balaban J connectivity index is 2.66. The number of hydrogen-bond donors (Lipinski definition) is 2. The molecule has 0 saturated carbocycles. The van der Waals surface area contributed by atoms with E-state index < -0.39 is 11.7 Å². The number of alkyl halides is 3. The minimum absolute atomic E-state index is 0.00458. The maximum Gasteiger partial charge on any atom is 0.416 e. The normalized spacial score (nSPS) is 13.7. The van der Waals surface area contributed by atoms with E-state index in [9.17, 15) is 13.2 Å². The molecule has 0 aliphatic carbocycles. The number of hydrogen-bond acceptors (Lipinski definition) is 3. The van der Waals surface area contributed by atoms with Gasteiger partial charge in [-0.25, -0.2) is 0 Å². The van der Waals surface area contributed by atoms with Crippen LogP contribution in [0.1, 0.15) is 11.1 Å². The quantitative estimate of drug-likeness (QED) is 0.615. The molecule has 7 heteroatoms. The summed E-state index contributed by atoms with van der Waals surface area (Å²) in [6.45, 7) is -0.165. The molecule has 0 aliphatic heterocycles. The molecule has 19 heavy (non-hydrogen) atoms. The SMILES string of the molecule is NCO[B][C@H](/C=C/c1ccc(C(F)(F)F)cc1)CO. The summed E-state index contributed by atoms with van der Waals surface area (Å²) in [4.78, 5) is 0. The van der Waals surface area contributed by atoms with Crippen LogP contribution >= 0.6 is 0 Å². The Morgan fingerprint density at radius 1 is 1.32 bits per heavy atom. The van der Waals surface area contributed by atoms with Crippen molar-refractivity contribution in [2.45, 2.75) is 12.0 Å². The molecule has 0 aliphatic rings. The highest BCUT2D eigenvalue weighted by atomic mass is 19.4. The summed E-state index contributed by atoms with van der Waals surface area (Å²) in [6.07, 6.45) is -1.10. The fraction of sp³-hybridized carbons (Fsp3) is 0.333. The molecule has 103 valence electrons. The topological polar surface area (TPSA) is 55.5 Å². The summed E-state index contributed by atoms with van der Waals surface area (Å²) in [5.41, 5.74) is 5.04. The third-order valence-corrected chi connectivity index (χ3v) is 2.35. The number of aliphatic hydroxyl groups is 1. The average molecular weight is 272 g/mol. The van der Waals surface area contributed by atoms with E-state index in [1.165, 1.54) is 19.6 Å². The van der Waals surface area contributed by atoms with Crippen molar-refractivity contribution in [2.24, 2.45) is 5.73 Å². The van der Waals surface area contributed by atoms with Gasteiger partial charge in [-0.05, 0) is 17.7 Å². The van der Waals surface area contributed by atoms with Crippen molar-refractivity contribution in [2.75, 3.05) is 13.3 Å². The first-order chi connectivity index (χ1) is 8.97. The summed E-state index contributed by atoms with van der Waals surface area (Å²) in [5, 5.41) is 9.03. The minimum atomic E-state index is -4.33. The lowest BCUT2D eigenvalue weighted by Gasteiger charge is -2.07. The van der Waals surface area contributed by atoms with E-state index in [1.807, 2.05) is 0 Å². The molecule has 0 fully saturated rings. The Labute approximate surface area is 110 Å². The monoisotopic (exact) mass is 272 g/mol. The van der Waals surface area contributed by atoms with Gasteiger partial charge in [0.25, 0.3) is 0 Å². The van der Waals surface area contributed by atoms with Gasteiger partial charge in [0.1, 0.15) is 0 Å². The van der Waals surface area contributed by atoms with Crippen molar-refractivity contribution >= 4 is 13.6 Å². The van der Waals surface area contributed by atoms with E-state index in [1.54, 1.807) is 12.2 Å². The summed E-state index contributed by atoms with van der Waals surface area (Å²) in [6, 6.07) is 4.73. The molecule has 3 N–H and O–H groups in total. The first-order valence-electron chi connectivity index (χ1n) is 5.58. The van der Waals surface area contributed by atoms with E-state index in [2.05, 4.69) is 0 Å². The highest BCUT2D eigenvalue weighted by Gasteiger charge is 2.29. The molecule has 0 saturated heterocycles. The van der Waals surface area contributed by atoms with Crippen molar-refractivity contribution in [1.82, 2.24) is 0 Å². The number of rotatable bonds is 6. The van der Waals surface area contributed by atoms with Crippen LogP contribution in [0.3, 0.4) is 0 Å². The van der Waals surface area contributed by atoms with Gasteiger partial charge in [0.05, 0.1) is 12.3 Å². The van der Waals surface area contributed by atoms with Crippen LogP contribution in [0.15, 0.2) is 30.3 Å². The lowest BCUT2D eigenvalue weighted by Crippen LogP contribution is -2.14. The number of benzene rings is 1. The van der Waals surface area contributed by atoms with Crippen molar-refractivity contribution in [1.29, 1.82) is 0 Å². The van der Waals surface area contributed by atoms with Gasteiger partial charge in [-0.2, -0.15) is 13.2 Å². The summed E-state index contributed by atoms with van der Waals surface area (Å²) >= 11 is 0. The van der Waals surface area contributed by atoms with Gasteiger partial charge in [-0.3, -0.25) is 0 Å². The van der Waals surface area contributed by atoms with E-state index in [-0.39, 0.29) is 19.2 Å². The molecule has 0 amide bonds. The van der Waals surface area contributed by atoms with Gasteiger partial charge in [-0.1, -0.05) is 24.3 Å². The van der Waals surface area contributed by atoms with Crippen molar-refractivity contribution < 1.29 is 22.9 Å². The van der Waals surface area contributed by atoms with E-state index in [0.717, 1.165) is 12.1 Å². The molecule has 0 spiro atoms. The Hall–Kier alpha value is -1.31. The van der Waals surface area contributed by atoms with Crippen molar-refractivity contribution in [3.8, 4) is 0 Å². The highest BCUT2D eigenvalue weighted by molar-refractivity contribution is 6.30. The Morgan fingerprint density at radius 2 is 1.95 bits per heavy atom. The second kappa shape index (κ2) is 7.32. The maximum absolute atomic E-state index is 12.3. The Morgan fingerprint density at radius 3 is 2.42 bits per heavy atom. The zero-order valence-corrected chi connectivity index (χ0v) is 10.1. The third kappa shape index (κ3) is 5.46. The molecule has 1 radical (unpaired) electrons. The van der Waals surface area contributed by atoms with Crippen LogP contribution in [-0.4, -0.2) is 25.9 Å². The molecular weight excluding hydrogens is 258 g/mol. The Bertz CT molecular complexity index is 406. The first kappa shape index (κ1) is 15.8. The van der Waals surface area contributed by atoms with Gasteiger partial charge in [-0.15, -0.1) is 0 Å². The van der Waals surface area contributed by atoms with E-state index >= 15 is 0 Å². The van der Waals surface area contributed by atoms with Gasteiger partial charge in [0.2, 0.25) is 0 Å². The smallest absolute Gasteiger partial charge is 0.416 e. The maximum atomic E-state index is 12.3. The lowest BCUT2D eigenvalue weighted by atomic mass is 9.80. The van der Waals surface area contributed by atoms with Crippen molar-refractivity contribution in [3.05, 3.63) is 41.5 Å². The molecule has 0 aromatic heterocycles. The lowest BCUT2D eigenvalue weighted by molar-refractivity contribution is -0.137. The molecule has 1 aromatic rings. The molecule has 1 atom stereocenters. The summed E-state index contributed by atoms with van der Waals surface area (Å²) in [7, 11) is 1.38. The number of halogens is 3. The molecule has 1 rings (SSSR count).